The number of Topliss-reactive ketones (excluding diaryl/α,β-unsaturated/α-hetero) is 1. The first-order valence-electron chi connectivity index (χ1n) is 18.1. The number of ether oxygens (including phenoxy) is 4. The van der Waals surface area contributed by atoms with E-state index in [2.05, 4.69) is 10.5 Å². The van der Waals surface area contributed by atoms with E-state index in [1.165, 1.54) is 53.2 Å². The Bertz CT molecular complexity index is 1940. The van der Waals surface area contributed by atoms with Crippen LogP contribution >= 0.6 is 0 Å². The second-order valence-corrected chi connectivity index (χ2v) is 14.3. The zero-order valence-corrected chi connectivity index (χ0v) is 32.7. The minimum absolute atomic E-state index is 0.0345. The maximum absolute atomic E-state index is 14.2. The number of carbonyl (C=O) groups is 3. The molecule has 0 saturated heterocycles. The third-order valence-electron chi connectivity index (χ3n) is 10.4. The molecule has 1 amide bonds. The first-order chi connectivity index (χ1) is 25.8. The minimum Gasteiger partial charge on any atom is -0.507 e. The molecular weight excluding hydrogens is 716 g/mol. The number of phenolic OH excluding ortho intramolecular Hbond substituents is 3. The van der Waals surface area contributed by atoms with Crippen LogP contribution in [-0.2, 0) is 28.6 Å². The summed E-state index contributed by atoms with van der Waals surface area (Å²) in [5, 5.41) is 63.3. The van der Waals surface area contributed by atoms with E-state index in [9.17, 15) is 39.9 Å². The molecule has 5 bridgehead atoms. The Hall–Kier alpha value is -5.12. The molecule has 0 saturated carbocycles. The molecule has 0 spiro atoms. The lowest BCUT2D eigenvalue weighted by molar-refractivity contribution is -0.160. The van der Waals surface area contributed by atoms with Crippen LogP contribution in [-0.4, -0.2) is 93.3 Å². The highest BCUT2D eigenvalue weighted by atomic mass is 16.7. The van der Waals surface area contributed by atoms with Gasteiger partial charge in [0.15, 0.2) is 5.75 Å². The summed E-state index contributed by atoms with van der Waals surface area (Å²) < 4.78 is 23.4. The number of nitrogens with zero attached hydrogens (tertiary/aromatic N) is 1. The molecule has 55 heavy (non-hydrogen) atoms. The third-order valence-corrected chi connectivity index (χ3v) is 10.4. The van der Waals surface area contributed by atoms with Gasteiger partial charge in [0, 0.05) is 61.2 Å². The van der Waals surface area contributed by atoms with E-state index >= 15 is 0 Å². The molecule has 0 aliphatic carbocycles. The highest BCUT2D eigenvalue weighted by molar-refractivity contribution is 6.23. The first-order valence-corrected chi connectivity index (χ1v) is 18.1. The van der Waals surface area contributed by atoms with Gasteiger partial charge in [-0.25, -0.2) is 0 Å². The summed E-state index contributed by atoms with van der Waals surface area (Å²) in [6.45, 7) is 14.2. The van der Waals surface area contributed by atoms with Crippen molar-refractivity contribution in [3.8, 4) is 23.0 Å². The van der Waals surface area contributed by atoms with E-state index in [0.717, 1.165) is 6.21 Å². The maximum atomic E-state index is 14.2. The summed E-state index contributed by atoms with van der Waals surface area (Å²) in [4.78, 5) is 45.1. The number of esters is 1. The van der Waals surface area contributed by atoms with E-state index in [4.69, 9.17) is 23.8 Å². The van der Waals surface area contributed by atoms with Crippen LogP contribution in [0.2, 0.25) is 0 Å². The van der Waals surface area contributed by atoms with Gasteiger partial charge in [-0.3, -0.25) is 14.4 Å². The van der Waals surface area contributed by atoms with Gasteiger partial charge in [-0.05, 0) is 26.8 Å². The monoisotopic (exact) mass is 768 g/mol. The Morgan fingerprint density at radius 2 is 1.65 bits per heavy atom. The van der Waals surface area contributed by atoms with Crippen LogP contribution in [0.3, 0.4) is 0 Å². The van der Waals surface area contributed by atoms with Crippen molar-refractivity contribution in [2.75, 3.05) is 19.0 Å². The molecule has 5 rings (SSSR count). The number of methoxy groups -OCH3 is 1. The number of aliphatic hydroxyl groups excluding tert-OH is 2. The van der Waals surface area contributed by atoms with Crippen molar-refractivity contribution in [1.29, 1.82) is 0 Å². The summed E-state index contributed by atoms with van der Waals surface area (Å²) in [5.74, 6) is -8.61. The molecule has 2 aromatic carbocycles. The number of benzene rings is 2. The van der Waals surface area contributed by atoms with E-state index in [-0.39, 0.29) is 51.1 Å². The summed E-state index contributed by atoms with van der Waals surface area (Å²) in [7, 11) is 1.42. The molecule has 2 aromatic rings. The predicted molar refractivity (Wildman–Crippen MR) is 203 cm³/mol. The Balaban J connectivity index is 1.97. The zero-order valence-electron chi connectivity index (χ0n) is 32.7. The number of allylic oxidation sites excluding steroid dienone is 2. The number of nitrogens with one attached hydrogen (secondary N) is 1. The van der Waals surface area contributed by atoms with Crippen molar-refractivity contribution in [1.82, 2.24) is 0 Å². The molecule has 9 unspecified atom stereocenters. The molecule has 15 heteroatoms. The standard InChI is InChI=1S/C40H52N2O13/c1-11-53-41-17-25-30-35(48)28-27(34(25)47)29-37(23(7)33(28)46)55-40(9,38(29)49)52-16-15-26(51-10)20(4)36(54-24(8)43)22(6)32(45)21(5)31(44)18(2)13-12-14-19(3)39(50)42-30/h12-18,20-22,26,31-32,36,44-48H,11H2,1-10H3,(H,42,50)/b13-12+,16-15+,19-14-,41-17+. The number of ketones is 1. The number of oxime groups is 1. The lowest BCUT2D eigenvalue weighted by Gasteiger charge is -2.38. The molecule has 0 aromatic heterocycles. The number of rotatable bonds is 5. The van der Waals surface area contributed by atoms with Crippen molar-refractivity contribution >= 4 is 40.3 Å². The van der Waals surface area contributed by atoms with Gasteiger partial charge in [0.05, 0.1) is 53.0 Å². The topological polar surface area (TPSA) is 223 Å². The average molecular weight is 769 g/mol. The molecule has 15 nitrogen and oxygen atoms in total. The van der Waals surface area contributed by atoms with Crippen molar-refractivity contribution < 1.29 is 63.7 Å². The van der Waals surface area contributed by atoms with E-state index in [0.29, 0.717) is 0 Å². The number of aliphatic hydroxyl groups is 2. The third kappa shape index (κ3) is 8.28. The van der Waals surface area contributed by atoms with Crippen LogP contribution in [0, 0.1) is 30.6 Å². The second-order valence-electron chi connectivity index (χ2n) is 14.3. The summed E-state index contributed by atoms with van der Waals surface area (Å²) in [6, 6.07) is 0. The van der Waals surface area contributed by atoms with Gasteiger partial charge in [-0.1, -0.05) is 51.1 Å². The molecule has 0 radical (unpaired) electrons. The highest BCUT2D eigenvalue weighted by Gasteiger charge is 2.50. The van der Waals surface area contributed by atoms with Crippen molar-refractivity contribution in [2.45, 2.75) is 92.5 Å². The van der Waals surface area contributed by atoms with E-state index < -0.39 is 88.8 Å². The van der Waals surface area contributed by atoms with E-state index in [1.807, 2.05) is 0 Å². The molecular formula is C40H52N2O13. The molecule has 3 aliphatic rings. The lowest BCUT2D eigenvalue weighted by Crippen LogP contribution is -2.46. The van der Waals surface area contributed by atoms with Gasteiger partial charge in [-0.15, -0.1) is 0 Å². The number of hydrogen-bond donors (Lipinski definition) is 6. The lowest BCUT2D eigenvalue weighted by atomic mass is 9.78. The van der Waals surface area contributed by atoms with Gasteiger partial charge >= 0.3 is 11.8 Å². The molecule has 9 atom stereocenters. The summed E-state index contributed by atoms with van der Waals surface area (Å²) in [5.41, 5.74) is -0.610. The first kappa shape index (κ1) is 42.6. The molecule has 3 heterocycles. The zero-order chi connectivity index (χ0) is 41.1. The fourth-order valence-corrected chi connectivity index (χ4v) is 7.04. The average Bonchev–Trinajstić information content (AvgIpc) is 3.41. The molecule has 300 valence electrons. The van der Waals surface area contributed by atoms with Gasteiger partial charge in [0.2, 0.25) is 0 Å². The molecule has 0 fully saturated rings. The Kier molecular flexibility index (Phi) is 13.3. The largest absolute Gasteiger partial charge is 0.507 e. The van der Waals surface area contributed by atoms with Crippen molar-refractivity contribution in [3.63, 3.8) is 0 Å². The number of anilines is 1. The van der Waals surface area contributed by atoms with Gasteiger partial charge in [0.25, 0.3) is 11.7 Å². The van der Waals surface area contributed by atoms with E-state index in [1.54, 1.807) is 46.8 Å². The van der Waals surface area contributed by atoms with Crippen LogP contribution in [0.25, 0.3) is 10.8 Å². The number of hydrogen-bond acceptors (Lipinski definition) is 14. The Morgan fingerprint density at radius 3 is 2.27 bits per heavy atom. The van der Waals surface area contributed by atoms with Gasteiger partial charge in [0.1, 0.15) is 30.0 Å². The molecule has 6 N–H and O–H groups in total. The van der Waals surface area contributed by atoms with Crippen LogP contribution < -0.4 is 10.1 Å². The number of phenols is 3. The fourth-order valence-electron chi connectivity index (χ4n) is 7.04. The number of fused-ring (bicyclic) bond motifs is 14. The smallest absolute Gasteiger partial charge is 0.312 e. The quantitative estimate of drug-likeness (QED) is 0.0765. The van der Waals surface area contributed by atoms with Crippen LogP contribution in [0.1, 0.15) is 76.9 Å². The normalized spacial score (nSPS) is 31.4. The maximum Gasteiger partial charge on any atom is 0.312 e. The highest BCUT2D eigenvalue weighted by Crippen LogP contribution is 2.55. The van der Waals surface area contributed by atoms with Crippen molar-refractivity contribution in [2.24, 2.45) is 28.8 Å². The summed E-state index contributed by atoms with van der Waals surface area (Å²) in [6.07, 6.45) is 4.49. The van der Waals surface area contributed by atoms with Crippen molar-refractivity contribution in [3.05, 3.63) is 52.8 Å². The minimum atomic E-state index is -2.05. The van der Waals surface area contributed by atoms with Crippen LogP contribution in [0.15, 0.2) is 41.3 Å². The Labute approximate surface area is 319 Å². The predicted octanol–water partition coefficient (Wildman–Crippen LogP) is 5.12. The summed E-state index contributed by atoms with van der Waals surface area (Å²) >= 11 is 0. The van der Waals surface area contributed by atoms with Gasteiger partial charge in [-0.2, -0.15) is 0 Å². The number of amides is 1. The fraction of sp³-hybridized carbons (Fsp3) is 0.500. The number of aromatic hydroxyl groups is 3. The van der Waals surface area contributed by atoms with Crippen LogP contribution in [0.4, 0.5) is 5.69 Å². The SMILES string of the molecule is CCO/N=C/c1c2c(O)c3c(O)c(C)c4c(c3c1O)C(=O)C(C)(O/C=C/C(OC)C(C)C(OC(C)=O)C(C)C(O)C(C)C(O)C(C)/C=C/C=C(/C)C(=O)N2)O4. The van der Waals surface area contributed by atoms with Gasteiger partial charge < -0.3 is 54.6 Å². The number of carbonyl (C=O) groups excluding carboxylic acids is 3. The Morgan fingerprint density at radius 1 is 0.982 bits per heavy atom. The van der Waals surface area contributed by atoms with Crippen LogP contribution in [0.5, 0.6) is 23.0 Å². The molecule has 3 aliphatic heterocycles. The second kappa shape index (κ2) is 17.1.